The number of hydrogen-bond donors (Lipinski definition) is 2. The number of aromatic hydroxyl groups is 1. The Morgan fingerprint density at radius 1 is 1.14 bits per heavy atom. The van der Waals surface area contributed by atoms with Gasteiger partial charge in [0.2, 0.25) is 11.7 Å². The quantitative estimate of drug-likeness (QED) is 0.695. The summed E-state index contributed by atoms with van der Waals surface area (Å²) in [6, 6.07) is 4.58. The summed E-state index contributed by atoms with van der Waals surface area (Å²) in [6.07, 6.45) is -0.106. The van der Waals surface area contributed by atoms with Crippen LogP contribution in [0.1, 0.15) is 43.1 Å². The summed E-state index contributed by atoms with van der Waals surface area (Å²) in [7, 11) is 4.40. The second-order valence-electron chi connectivity index (χ2n) is 6.85. The van der Waals surface area contributed by atoms with Crippen molar-refractivity contribution in [1.29, 1.82) is 0 Å². The first kappa shape index (κ1) is 22.1. The maximum absolute atomic E-state index is 12.6. The van der Waals surface area contributed by atoms with Gasteiger partial charge in [-0.1, -0.05) is 6.07 Å². The predicted octanol–water partition coefficient (Wildman–Crippen LogP) is 2.73. The normalized spacial score (nSPS) is 11.8. The van der Waals surface area contributed by atoms with Crippen LogP contribution in [0.2, 0.25) is 0 Å². The Kier molecular flexibility index (Phi) is 7.14. The van der Waals surface area contributed by atoms with Crippen molar-refractivity contribution in [1.82, 2.24) is 5.32 Å². The standard InChI is InChI=1S/C21H27NO7/c1-11(2)22-17(24)10-14(18-15(23)9-12(3)29-21(18)25)13-7-8-16(26-4)20(28-6)19(13)27-5/h7-9,11,14,23H,10H2,1-6H3,(H,22,24)/t14-/m0/s1. The van der Waals surface area contributed by atoms with Gasteiger partial charge in [0.25, 0.3) is 0 Å². The smallest absolute Gasteiger partial charge is 0.343 e. The van der Waals surface area contributed by atoms with Crippen molar-refractivity contribution < 1.29 is 28.5 Å². The van der Waals surface area contributed by atoms with Gasteiger partial charge in [-0.3, -0.25) is 4.79 Å². The minimum Gasteiger partial charge on any atom is -0.507 e. The first-order valence-electron chi connectivity index (χ1n) is 9.15. The summed E-state index contributed by atoms with van der Waals surface area (Å²) in [5.74, 6) is -0.0645. The third-order valence-electron chi connectivity index (χ3n) is 4.39. The molecule has 1 amide bonds. The van der Waals surface area contributed by atoms with E-state index < -0.39 is 11.5 Å². The van der Waals surface area contributed by atoms with Crippen molar-refractivity contribution in [3.63, 3.8) is 0 Å². The number of amides is 1. The van der Waals surface area contributed by atoms with Crippen LogP contribution >= 0.6 is 0 Å². The molecule has 1 aromatic carbocycles. The largest absolute Gasteiger partial charge is 0.507 e. The Morgan fingerprint density at radius 2 is 1.79 bits per heavy atom. The van der Waals surface area contributed by atoms with Crippen LogP contribution in [0.5, 0.6) is 23.0 Å². The first-order chi connectivity index (χ1) is 13.7. The highest BCUT2D eigenvalue weighted by molar-refractivity contribution is 5.78. The highest BCUT2D eigenvalue weighted by atomic mass is 16.5. The molecule has 2 rings (SSSR count). The lowest BCUT2D eigenvalue weighted by atomic mass is 9.87. The molecule has 0 saturated carbocycles. The van der Waals surface area contributed by atoms with Crippen LogP contribution in [0.3, 0.4) is 0 Å². The molecule has 2 aromatic rings. The Bertz CT molecular complexity index is 933. The van der Waals surface area contributed by atoms with E-state index in [1.165, 1.54) is 27.4 Å². The Labute approximate surface area is 169 Å². The van der Waals surface area contributed by atoms with Gasteiger partial charge in [0.15, 0.2) is 11.5 Å². The summed E-state index contributed by atoms with van der Waals surface area (Å²) in [5, 5.41) is 13.3. The van der Waals surface area contributed by atoms with Gasteiger partial charge in [-0.2, -0.15) is 0 Å². The van der Waals surface area contributed by atoms with E-state index in [1.54, 1.807) is 19.1 Å². The molecule has 0 saturated heterocycles. The maximum Gasteiger partial charge on any atom is 0.343 e. The summed E-state index contributed by atoms with van der Waals surface area (Å²) in [5.41, 5.74) is -0.266. The van der Waals surface area contributed by atoms with Gasteiger partial charge >= 0.3 is 5.63 Å². The maximum atomic E-state index is 12.6. The lowest BCUT2D eigenvalue weighted by Crippen LogP contribution is -2.32. The van der Waals surface area contributed by atoms with E-state index >= 15 is 0 Å². The van der Waals surface area contributed by atoms with Gasteiger partial charge in [0.05, 0.1) is 26.9 Å². The highest BCUT2D eigenvalue weighted by Gasteiger charge is 2.30. The average Bonchev–Trinajstić information content (AvgIpc) is 2.64. The lowest BCUT2D eigenvalue weighted by molar-refractivity contribution is -0.121. The third kappa shape index (κ3) is 4.82. The molecule has 0 aliphatic heterocycles. The lowest BCUT2D eigenvalue weighted by Gasteiger charge is -2.23. The predicted molar refractivity (Wildman–Crippen MR) is 107 cm³/mol. The van der Waals surface area contributed by atoms with E-state index in [2.05, 4.69) is 5.32 Å². The summed E-state index contributed by atoms with van der Waals surface area (Å²) in [6.45, 7) is 5.23. The third-order valence-corrected chi connectivity index (χ3v) is 4.39. The van der Waals surface area contributed by atoms with Crippen molar-refractivity contribution in [3.05, 3.63) is 45.5 Å². The number of nitrogens with one attached hydrogen (secondary N) is 1. The van der Waals surface area contributed by atoms with E-state index in [-0.39, 0.29) is 35.4 Å². The molecular formula is C21H27NO7. The van der Waals surface area contributed by atoms with E-state index in [0.29, 0.717) is 22.8 Å². The zero-order valence-corrected chi connectivity index (χ0v) is 17.5. The zero-order valence-electron chi connectivity index (χ0n) is 17.5. The Hall–Kier alpha value is -3.16. The molecule has 29 heavy (non-hydrogen) atoms. The van der Waals surface area contributed by atoms with Crippen LogP contribution in [0.4, 0.5) is 0 Å². The fraction of sp³-hybridized carbons (Fsp3) is 0.429. The fourth-order valence-corrected chi connectivity index (χ4v) is 3.26. The Balaban J connectivity index is 2.72. The van der Waals surface area contributed by atoms with Crippen molar-refractivity contribution in [3.8, 4) is 23.0 Å². The SMILES string of the molecule is COc1ccc([C@H](CC(=O)NC(C)C)c2c(O)cc(C)oc2=O)c(OC)c1OC. The van der Waals surface area contributed by atoms with Crippen molar-refractivity contribution in [2.24, 2.45) is 0 Å². The highest BCUT2D eigenvalue weighted by Crippen LogP contribution is 2.45. The van der Waals surface area contributed by atoms with E-state index in [9.17, 15) is 14.7 Å². The molecule has 0 bridgehead atoms. The van der Waals surface area contributed by atoms with E-state index in [1.807, 2.05) is 13.8 Å². The van der Waals surface area contributed by atoms with Crippen molar-refractivity contribution in [2.45, 2.75) is 39.2 Å². The number of hydrogen-bond acceptors (Lipinski definition) is 7. The number of carbonyl (C=O) groups is 1. The topological polar surface area (TPSA) is 107 Å². The molecule has 8 heteroatoms. The van der Waals surface area contributed by atoms with Crippen LogP contribution in [0, 0.1) is 6.92 Å². The van der Waals surface area contributed by atoms with Crippen LogP contribution in [-0.2, 0) is 4.79 Å². The summed E-state index contributed by atoms with van der Waals surface area (Å²) >= 11 is 0. The van der Waals surface area contributed by atoms with Gasteiger partial charge < -0.3 is 29.1 Å². The Morgan fingerprint density at radius 3 is 2.31 bits per heavy atom. The number of benzene rings is 1. The second-order valence-corrected chi connectivity index (χ2v) is 6.85. The number of carbonyl (C=O) groups excluding carboxylic acids is 1. The van der Waals surface area contributed by atoms with Gasteiger partial charge in [-0.25, -0.2) is 4.79 Å². The van der Waals surface area contributed by atoms with Crippen LogP contribution < -0.4 is 25.2 Å². The number of methoxy groups -OCH3 is 3. The van der Waals surface area contributed by atoms with Gasteiger partial charge in [0, 0.05) is 30.0 Å². The fourth-order valence-electron chi connectivity index (χ4n) is 3.26. The minimum absolute atomic E-state index is 0.0278. The molecule has 0 fully saturated rings. The molecule has 0 aliphatic rings. The molecule has 0 radical (unpaired) electrons. The van der Waals surface area contributed by atoms with Crippen LogP contribution in [0.15, 0.2) is 27.4 Å². The number of rotatable bonds is 8. The molecule has 2 N–H and O–H groups in total. The van der Waals surface area contributed by atoms with Gasteiger partial charge in [-0.05, 0) is 26.8 Å². The van der Waals surface area contributed by atoms with E-state index in [0.717, 1.165) is 0 Å². The zero-order chi connectivity index (χ0) is 21.7. The van der Waals surface area contributed by atoms with Crippen molar-refractivity contribution in [2.75, 3.05) is 21.3 Å². The molecule has 0 aliphatic carbocycles. The molecule has 1 aromatic heterocycles. The molecule has 8 nitrogen and oxygen atoms in total. The molecule has 158 valence electrons. The molecule has 1 atom stereocenters. The summed E-state index contributed by atoms with van der Waals surface area (Å²) < 4.78 is 21.4. The number of aryl methyl sites for hydroxylation is 1. The molecule has 0 spiro atoms. The van der Waals surface area contributed by atoms with E-state index in [4.69, 9.17) is 18.6 Å². The number of ether oxygens (including phenoxy) is 3. The molecular weight excluding hydrogens is 378 g/mol. The van der Waals surface area contributed by atoms with Crippen molar-refractivity contribution >= 4 is 5.91 Å². The molecule has 0 unspecified atom stereocenters. The monoisotopic (exact) mass is 405 g/mol. The first-order valence-corrected chi connectivity index (χ1v) is 9.15. The average molecular weight is 405 g/mol. The summed E-state index contributed by atoms with van der Waals surface area (Å²) in [4.78, 5) is 25.2. The van der Waals surface area contributed by atoms with Crippen LogP contribution in [-0.4, -0.2) is 38.4 Å². The van der Waals surface area contributed by atoms with Gasteiger partial charge in [-0.15, -0.1) is 0 Å². The van der Waals surface area contributed by atoms with Gasteiger partial charge in [0.1, 0.15) is 11.5 Å². The minimum atomic E-state index is -0.833. The second kappa shape index (κ2) is 9.36. The molecule has 1 heterocycles. The van der Waals surface area contributed by atoms with Crippen LogP contribution in [0.25, 0.3) is 0 Å².